The van der Waals surface area contributed by atoms with Gasteiger partial charge in [-0.3, -0.25) is 9.59 Å². The number of methoxy groups -OCH3 is 1. The molecule has 0 heterocycles. The summed E-state index contributed by atoms with van der Waals surface area (Å²) in [6, 6.07) is 19.5. The van der Waals surface area contributed by atoms with Gasteiger partial charge in [0.25, 0.3) is 0 Å². The summed E-state index contributed by atoms with van der Waals surface area (Å²) >= 11 is 0. The van der Waals surface area contributed by atoms with Gasteiger partial charge in [-0.05, 0) is 18.1 Å². The Balaban J connectivity index is 2.32. The number of hydrogen-bond donors (Lipinski definition) is 0. The Morgan fingerprint density at radius 3 is 1.84 bits per heavy atom. The Labute approximate surface area is 149 Å². The van der Waals surface area contributed by atoms with Gasteiger partial charge in [0.1, 0.15) is 0 Å². The fourth-order valence-corrected chi connectivity index (χ4v) is 2.93. The van der Waals surface area contributed by atoms with Crippen LogP contribution in [0.3, 0.4) is 0 Å². The largest absolute Gasteiger partial charge is 0.469 e. The van der Waals surface area contributed by atoms with Gasteiger partial charge in [0, 0.05) is 13.1 Å². The minimum Gasteiger partial charge on any atom is -0.469 e. The van der Waals surface area contributed by atoms with E-state index in [1.165, 1.54) is 7.11 Å². The van der Waals surface area contributed by atoms with Crippen molar-refractivity contribution in [3.63, 3.8) is 0 Å². The molecule has 0 N–H and O–H groups in total. The molecule has 25 heavy (non-hydrogen) atoms. The highest BCUT2D eigenvalue weighted by Crippen LogP contribution is 2.27. The number of benzene rings is 2. The number of nitrogens with zero attached hydrogens (tertiary/aromatic N) is 1. The molecule has 0 aliphatic carbocycles. The van der Waals surface area contributed by atoms with Crippen LogP contribution in [0.15, 0.2) is 60.7 Å². The van der Waals surface area contributed by atoms with Crippen LogP contribution in [0.5, 0.6) is 0 Å². The van der Waals surface area contributed by atoms with E-state index in [1.54, 1.807) is 11.8 Å². The summed E-state index contributed by atoms with van der Waals surface area (Å²) in [6.07, 6.45) is 0. The van der Waals surface area contributed by atoms with E-state index in [1.807, 2.05) is 67.6 Å². The van der Waals surface area contributed by atoms with Crippen LogP contribution < -0.4 is 0 Å². The summed E-state index contributed by atoms with van der Waals surface area (Å²) in [7, 11) is 1.37. The molecule has 0 radical (unpaired) electrons. The topological polar surface area (TPSA) is 46.6 Å². The lowest BCUT2D eigenvalue weighted by atomic mass is 9.89. The first-order valence-electron chi connectivity index (χ1n) is 8.55. The molecule has 1 atom stereocenters. The molecule has 0 bridgehead atoms. The highest BCUT2D eigenvalue weighted by molar-refractivity contribution is 5.87. The Hall–Kier alpha value is -2.62. The van der Waals surface area contributed by atoms with Crippen LogP contribution in [0.2, 0.25) is 0 Å². The molecule has 2 aromatic rings. The molecule has 0 spiro atoms. The summed E-state index contributed by atoms with van der Waals surface area (Å²) in [4.78, 5) is 26.8. The van der Waals surface area contributed by atoms with Crippen molar-refractivity contribution in [2.45, 2.75) is 19.8 Å². The normalized spacial score (nSPS) is 11.8. The maximum absolute atomic E-state index is 13.3. The quantitative estimate of drug-likeness (QED) is 0.726. The lowest BCUT2D eigenvalue weighted by molar-refractivity contribution is -0.146. The number of amides is 1. The third-order valence-electron chi connectivity index (χ3n) is 4.30. The lowest BCUT2D eigenvalue weighted by Crippen LogP contribution is -2.40. The van der Waals surface area contributed by atoms with Crippen molar-refractivity contribution in [1.82, 2.24) is 4.90 Å². The average molecular weight is 339 g/mol. The maximum atomic E-state index is 13.3. The van der Waals surface area contributed by atoms with Crippen LogP contribution in [0, 0.1) is 5.92 Å². The fraction of sp³-hybridized carbons (Fsp3) is 0.333. The average Bonchev–Trinajstić information content (AvgIpc) is 2.67. The lowest BCUT2D eigenvalue weighted by Gasteiger charge is -2.28. The molecule has 2 aromatic carbocycles. The molecule has 0 aromatic heterocycles. The summed E-state index contributed by atoms with van der Waals surface area (Å²) in [6.45, 7) is 4.59. The van der Waals surface area contributed by atoms with E-state index in [-0.39, 0.29) is 23.7 Å². The van der Waals surface area contributed by atoms with Gasteiger partial charge in [-0.1, -0.05) is 67.6 Å². The van der Waals surface area contributed by atoms with Crippen molar-refractivity contribution in [2.75, 3.05) is 20.2 Å². The van der Waals surface area contributed by atoms with E-state index in [9.17, 15) is 9.59 Å². The Bertz CT molecular complexity index is 645. The van der Waals surface area contributed by atoms with Gasteiger partial charge in [-0.15, -0.1) is 0 Å². The number of rotatable bonds is 7. The molecule has 4 nitrogen and oxygen atoms in total. The van der Waals surface area contributed by atoms with Crippen LogP contribution in [0.25, 0.3) is 0 Å². The minimum absolute atomic E-state index is 0.00402. The number of carbonyl (C=O) groups is 2. The van der Waals surface area contributed by atoms with E-state index >= 15 is 0 Å². The van der Waals surface area contributed by atoms with E-state index in [0.29, 0.717) is 13.1 Å². The number of ether oxygens (including phenoxy) is 1. The molecular weight excluding hydrogens is 314 g/mol. The van der Waals surface area contributed by atoms with Crippen molar-refractivity contribution < 1.29 is 14.3 Å². The molecule has 132 valence electrons. The molecule has 1 unspecified atom stereocenters. The van der Waals surface area contributed by atoms with Crippen LogP contribution in [0.4, 0.5) is 0 Å². The second kappa shape index (κ2) is 9.02. The predicted octanol–water partition coefficient (Wildman–Crippen LogP) is 3.48. The third-order valence-corrected chi connectivity index (χ3v) is 4.30. The van der Waals surface area contributed by atoms with E-state index < -0.39 is 0 Å². The first kappa shape index (κ1) is 18.7. The first-order valence-corrected chi connectivity index (χ1v) is 8.55. The molecular formula is C21H25NO3. The van der Waals surface area contributed by atoms with Crippen molar-refractivity contribution in [2.24, 2.45) is 5.92 Å². The maximum Gasteiger partial charge on any atom is 0.310 e. The van der Waals surface area contributed by atoms with E-state index in [0.717, 1.165) is 11.1 Å². The van der Waals surface area contributed by atoms with Gasteiger partial charge in [0.15, 0.2) is 0 Å². The number of hydrogen-bond acceptors (Lipinski definition) is 3. The zero-order valence-corrected chi connectivity index (χ0v) is 15.0. The van der Waals surface area contributed by atoms with Gasteiger partial charge in [-0.25, -0.2) is 0 Å². The first-order chi connectivity index (χ1) is 12.1. The van der Waals surface area contributed by atoms with Gasteiger partial charge in [-0.2, -0.15) is 0 Å². The van der Waals surface area contributed by atoms with Crippen molar-refractivity contribution in [3.05, 3.63) is 71.8 Å². The highest BCUT2D eigenvalue weighted by atomic mass is 16.5. The summed E-state index contributed by atoms with van der Waals surface area (Å²) < 4.78 is 4.79. The fourth-order valence-electron chi connectivity index (χ4n) is 2.93. The Morgan fingerprint density at radius 2 is 1.44 bits per heavy atom. The van der Waals surface area contributed by atoms with Gasteiger partial charge in [0.05, 0.1) is 18.9 Å². The smallest absolute Gasteiger partial charge is 0.310 e. The second-order valence-electron chi connectivity index (χ2n) is 6.06. The third kappa shape index (κ3) is 4.69. The second-order valence-corrected chi connectivity index (χ2v) is 6.06. The molecule has 0 aliphatic heterocycles. The van der Waals surface area contributed by atoms with Gasteiger partial charge >= 0.3 is 5.97 Å². The van der Waals surface area contributed by atoms with Crippen molar-refractivity contribution in [3.8, 4) is 0 Å². The number of esters is 1. The SMILES string of the molecule is CCN(CC(C)C(=O)OC)C(=O)C(c1ccccc1)c1ccccc1. The van der Waals surface area contributed by atoms with Crippen LogP contribution in [-0.4, -0.2) is 37.0 Å². The van der Waals surface area contributed by atoms with Crippen LogP contribution in [-0.2, 0) is 14.3 Å². The summed E-state index contributed by atoms with van der Waals surface area (Å²) in [5.41, 5.74) is 1.89. The van der Waals surface area contributed by atoms with Crippen molar-refractivity contribution >= 4 is 11.9 Å². The number of likely N-dealkylation sites (N-methyl/N-ethyl adjacent to an activating group) is 1. The monoisotopic (exact) mass is 339 g/mol. The van der Waals surface area contributed by atoms with E-state index in [4.69, 9.17) is 4.74 Å². The Morgan fingerprint density at radius 1 is 0.960 bits per heavy atom. The predicted molar refractivity (Wildman–Crippen MR) is 98.2 cm³/mol. The molecule has 0 fully saturated rings. The standard InChI is InChI=1S/C21H25NO3/c1-4-22(15-16(2)21(24)25-3)20(23)19(17-11-7-5-8-12-17)18-13-9-6-10-14-18/h5-14,16,19H,4,15H2,1-3H3. The van der Waals surface area contributed by atoms with Gasteiger partial charge in [0.2, 0.25) is 5.91 Å². The minimum atomic E-state index is -0.382. The zero-order chi connectivity index (χ0) is 18.2. The molecule has 2 rings (SSSR count). The van der Waals surface area contributed by atoms with E-state index in [2.05, 4.69) is 0 Å². The molecule has 0 aliphatic rings. The molecule has 0 saturated carbocycles. The molecule has 1 amide bonds. The molecule has 4 heteroatoms. The highest BCUT2D eigenvalue weighted by Gasteiger charge is 2.28. The van der Waals surface area contributed by atoms with Crippen LogP contribution >= 0.6 is 0 Å². The van der Waals surface area contributed by atoms with Crippen molar-refractivity contribution in [1.29, 1.82) is 0 Å². The summed E-state index contributed by atoms with van der Waals surface area (Å²) in [5.74, 6) is -1.05. The van der Waals surface area contributed by atoms with Crippen LogP contribution in [0.1, 0.15) is 30.9 Å². The molecule has 0 saturated heterocycles. The summed E-state index contributed by atoms with van der Waals surface area (Å²) in [5, 5.41) is 0. The Kier molecular flexibility index (Phi) is 6.75. The number of carbonyl (C=O) groups excluding carboxylic acids is 2. The van der Waals surface area contributed by atoms with Gasteiger partial charge < -0.3 is 9.64 Å². The zero-order valence-electron chi connectivity index (χ0n) is 15.0.